The highest BCUT2D eigenvalue weighted by Crippen LogP contribution is 2.20. The molecule has 0 amide bonds. The minimum Gasteiger partial charge on any atom is -0.465 e. The number of carbonyl (C=O) groups excluding carboxylic acids is 1. The standard InChI is InChI=1S/C15H23NO3/c1-10(2)8-11(3)19-9-12-6-5-7-13(16)14(12)15(17)18-4/h5-7,10-11H,8-9,16H2,1-4H3. The van der Waals surface area contributed by atoms with E-state index in [4.69, 9.17) is 15.2 Å². The Hall–Kier alpha value is -1.55. The molecule has 0 radical (unpaired) electrons. The van der Waals surface area contributed by atoms with Gasteiger partial charge in [-0.3, -0.25) is 0 Å². The van der Waals surface area contributed by atoms with E-state index in [0.29, 0.717) is 23.8 Å². The molecule has 106 valence electrons. The van der Waals surface area contributed by atoms with Crippen LogP contribution in [0.15, 0.2) is 18.2 Å². The van der Waals surface area contributed by atoms with Crippen molar-refractivity contribution in [2.75, 3.05) is 12.8 Å². The lowest BCUT2D eigenvalue weighted by Crippen LogP contribution is -2.14. The second kappa shape index (κ2) is 7.14. The first-order chi connectivity index (χ1) is 8.95. The van der Waals surface area contributed by atoms with Gasteiger partial charge < -0.3 is 15.2 Å². The van der Waals surface area contributed by atoms with Crippen molar-refractivity contribution >= 4 is 11.7 Å². The average molecular weight is 265 g/mol. The summed E-state index contributed by atoms with van der Waals surface area (Å²) in [6.45, 7) is 6.70. The number of esters is 1. The number of ether oxygens (including phenoxy) is 2. The fraction of sp³-hybridized carbons (Fsp3) is 0.533. The van der Waals surface area contributed by atoms with E-state index >= 15 is 0 Å². The number of nitrogens with two attached hydrogens (primary N) is 1. The Morgan fingerprint density at radius 2 is 2.00 bits per heavy atom. The van der Waals surface area contributed by atoms with Crippen molar-refractivity contribution in [3.63, 3.8) is 0 Å². The van der Waals surface area contributed by atoms with Gasteiger partial charge in [0.15, 0.2) is 0 Å². The Labute approximate surface area is 114 Å². The first kappa shape index (κ1) is 15.5. The summed E-state index contributed by atoms with van der Waals surface area (Å²) in [6, 6.07) is 5.34. The smallest absolute Gasteiger partial charge is 0.340 e. The van der Waals surface area contributed by atoms with Crippen LogP contribution in [0.4, 0.5) is 5.69 Å². The van der Waals surface area contributed by atoms with Crippen LogP contribution in [0, 0.1) is 5.92 Å². The second-order valence-electron chi connectivity index (χ2n) is 5.12. The molecule has 0 aromatic heterocycles. The van der Waals surface area contributed by atoms with Crippen LogP contribution < -0.4 is 5.73 Å². The fourth-order valence-electron chi connectivity index (χ4n) is 2.06. The molecule has 0 fully saturated rings. The predicted molar refractivity (Wildman–Crippen MR) is 75.9 cm³/mol. The van der Waals surface area contributed by atoms with Gasteiger partial charge in [-0.2, -0.15) is 0 Å². The molecule has 1 aromatic rings. The maximum atomic E-state index is 11.7. The Bertz CT molecular complexity index is 429. The molecule has 0 aliphatic rings. The van der Waals surface area contributed by atoms with E-state index in [2.05, 4.69) is 13.8 Å². The van der Waals surface area contributed by atoms with Crippen LogP contribution in [0.1, 0.15) is 43.1 Å². The summed E-state index contributed by atoms with van der Waals surface area (Å²) in [5.41, 5.74) is 7.42. The number of benzene rings is 1. The topological polar surface area (TPSA) is 61.5 Å². The normalized spacial score (nSPS) is 12.5. The summed E-state index contributed by atoms with van der Waals surface area (Å²) in [5.74, 6) is 0.157. The molecule has 1 rings (SSSR count). The molecule has 0 heterocycles. The van der Waals surface area contributed by atoms with Gasteiger partial charge in [0, 0.05) is 5.69 Å². The molecule has 0 spiro atoms. The first-order valence-electron chi connectivity index (χ1n) is 6.53. The average Bonchev–Trinajstić information content (AvgIpc) is 2.34. The second-order valence-corrected chi connectivity index (χ2v) is 5.12. The van der Waals surface area contributed by atoms with Crippen molar-refractivity contribution in [1.29, 1.82) is 0 Å². The molecule has 0 aliphatic heterocycles. The summed E-state index contributed by atoms with van der Waals surface area (Å²) in [6.07, 6.45) is 1.13. The SMILES string of the molecule is COC(=O)c1c(N)cccc1COC(C)CC(C)C. The molecular formula is C15H23NO3. The minimum atomic E-state index is -0.423. The molecule has 1 aromatic carbocycles. The lowest BCUT2D eigenvalue weighted by molar-refractivity contribution is 0.0378. The van der Waals surface area contributed by atoms with Gasteiger partial charge in [-0.25, -0.2) is 4.79 Å². The maximum Gasteiger partial charge on any atom is 0.340 e. The third-order valence-electron chi connectivity index (χ3n) is 2.90. The number of methoxy groups -OCH3 is 1. The van der Waals surface area contributed by atoms with E-state index in [0.717, 1.165) is 12.0 Å². The van der Waals surface area contributed by atoms with Gasteiger partial charge in [0.05, 0.1) is 25.4 Å². The zero-order valence-corrected chi connectivity index (χ0v) is 12.1. The Kier molecular flexibility index (Phi) is 5.83. The summed E-state index contributed by atoms with van der Waals surface area (Å²) in [7, 11) is 1.35. The third-order valence-corrected chi connectivity index (χ3v) is 2.90. The van der Waals surface area contributed by atoms with Crippen LogP contribution in [-0.2, 0) is 16.1 Å². The van der Waals surface area contributed by atoms with E-state index in [-0.39, 0.29) is 6.10 Å². The number of nitrogen functional groups attached to an aromatic ring is 1. The lowest BCUT2D eigenvalue weighted by Gasteiger charge is -2.17. The molecule has 4 nitrogen and oxygen atoms in total. The Morgan fingerprint density at radius 1 is 1.32 bits per heavy atom. The van der Waals surface area contributed by atoms with Gasteiger partial charge in [0.1, 0.15) is 0 Å². The number of hydrogen-bond acceptors (Lipinski definition) is 4. The molecule has 4 heteroatoms. The summed E-state index contributed by atoms with van der Waals surface area (Å²) < 4.78 is 10.5. The largest absolute Gasteiger partial charge is 0.465 e. The van der Waals surface area contributed by atoms with Crippen LogP contribution in [-0.4, -0.2) is 19.2 Å². The Morgan fingerprint density at radius 3 is 2.58 bits per heavy atom. The van der Waals surface area contributed by atoms with Crippen LogP contribution >= 0.6 is 0 Å². The van der Waals surface area contributed by atoms with Gasteiger partial charge in [0.25, 0.3) is 0 Å². The lowest BCUT2D eigenvalue weighted by atomic mass is 10.1. The highest BCUT2D eigenvalue weighted by Gasteiger charge is 2.16. The number of hydrogen-bond donors (Lipinski definition) is 1. The van der Waals surface area contributed by atoms with Crippen LogP contribution in [0.2, 0.25) is 0 Å². The maximum absolute atomic E-state index is 11.7. The van der Waals surface area contributed by atoms with Gasteiger partial charge in [-0.05, 0) is 30.9 Å². The van der Waals surface area contributed by atoms with Gasteiger partial charge in [-0.15, -0.1) is 0 Å². The van der Waals surface area contributed by atoms with Crippen molar-refractivity contribution in [2.45, 2.75) is 39.9 Å². The minimum absolute atomic E-state index is 0.145. The van der Waals surface area contributed by atoms with E-state index in [1.165, 1.54) is 7.11 Å². The van der Waals surface area contributed by atoms with Gasteiger partial charge in [0.2, 0.25) is 0 Å². The molecule has 0 aliphatic carbocycles. The molecule has 1 unspecified atom stereocenters. The van der Waals surface area contributed by atoms with E-state index in [1.807, 2.05) is 19.1 Å². The number of anilines is 1. The van der Waals surface area contributed by atoms with E-state index < -0.39 is 5.97 Å². The van der Waals surface area contributed by atoms with Crippen LogP contribution in [0.25, 0.3) is 0 Å². The van der Waals surface area contributed by atoms with Crippen molar-refractivity contribution in [3.8, 4) is 0 Å². The number of rotatable bonds is 6. The predicted octanol–water partition coefficient (Wildman–Crippen LogP) is 3.01. The summed E-state index contributed by atoms with van der Waals surface area (Å²) in [4.78, 5) is 11.7. The highest BCUT2D eigenvalue weighted by molar-refractivity contribution is 5.96. The quantitative estimate of drug-likeness (QED) is 0.634. The van der Waals surface area contributed by atoms with Gasteiger partial charge in [-0.1, -0.05) is 26.0 Å². The van der Waals surface area contributed by atoms with Gasteiger partial charge >= 0.3 is 5.97 Å². The van der Waals surface area contributed by atoms with Crippen molar-refractivity contribution < 1.29 is 14.3 Å². The van der Waals surface area contributed by atoms with E-state index in [9.17, 15) is 4.79 Å². The van der Waals surface area contributed by atoms with Crippen molar-refractivity contribution in [1.82, 2.24) is 0 Å². The monoisotopic (exact) mass is 265 g/mol. The van der Waals surface area contributed by atoms with Crippen LogP contribution in [0.5, 0.6) is 0 Å². The molecule has 1 atom stereocenters. The highest BCUT2D eigenvalue weighted by atomic mass is 16.5. The van der Waals surface area contributed by atoms with Crippen LogP contribution in [0.3, 0.4) is 0 Å². The third kappa shape index (κ3) is 4.56. The molecule has 0 saturated carbocycles. The van der Waals surface area contributed by atoms with Crippen molar-refractivity contribution in [3.05, 3.63) is 29.3 Å². The molecule has 2 N–H and O–H groups in total. The van der Waals surface area contributed by atoms with Crippen molar-refractivity contribution in [2.24, 2.45) is 5.92 Å². The first-order valence-corrected chi connectivity index (χ1v) is 6.53. The summed E-state index contributed by atoms with van der Waals surface area (Å²) in [5, 5.41) is 0. The summed E-state index contributed by atoms with van der Waals surface area (Å²) >= 11 is 0. The molecule has 0 saturated heterocycles. The Balaban J connectivity index is 2.78. The number of carbonyl (C=O) groups is 1. The molecule has 0 bridgehead atoms. The molecule has 19 heavy (non-hydrogen) atoms. The van der Waals surface area contributed by atoms with E-state index in [1.54, 1.807) is 6.07 Å². The zero-order valence-electron chi connectivity index (χ0n) is 12.1. The zero-order chi connectivity index (χ0) is 14.4. The fourth-order valence-corrected chi connectivity index (χ4v) is 2.06. The molecular weight excluding hydrogens is 242 g/mol.